The first-order valence-electron chi connectivity index (χ1n) is 9.27. The third-order valence-electron chi connectivity index (χ3n) is 4.42. The van der Waals surface area contributed by atoms with Gasteiger partial charge in [0.05, 0.1) is 18.0 Å². The average molecular weight is 413 g/mol. The van der Waals surface area contributed by atoms with E-state index < -0.39 is 10.0 Å². The van der Waals surface area contributed by atoms with Gasteiger partial charge in [-0.05, 0) is 68.8 Å². The van der Waals surface area contributed by atoms with Gasteiger partial charge in [0.1, 0.15) is 0 Å². The number of amides is 1. The van der Waals surface area contributed by atoms with Gasteiger partial charge in [0.15, 0.2) is 0 Å². The molecule has 29 heavy (non-hydrogen) atoms. The average Bonchev–Trinajstić information content (AvgIpc) is 3.00. The van der Waals surface area contributed by atoms with E-state index >= 15 is 0 Å². The molecule has 152 valence electrons. The van der Waals surface area contributed by atoms with E-state index in [9.17, 15) is 13.2 Å². The van der Waals surface area contributed by atoms with E-state index in [1.807, 2.05) is 42.8 Å². The molecule has 0 spiro atoms. The van der Waals surface area contributed by atoms with Crippen LogP contribution in [0.25, 0.3) is 0 Å². The maximum Gasteiger partial charge on any atom is 0.255 e. The van der Waals surface area contributed by atoms with Crippen LogP contribution in [0.2, 0.25) is 0 Å². The summed E-state index contributed by atoms with van der Waals surface area (Å²) in [6.45, 7) is 6.11. The second-order valence-electron chi connectivity index (χ2n) is 6.82. The molecular formula is C21H24N4O3S. The smallest absolute Gasteiger partial charge is 0.255 e. The van der Waals surface area contributed by atoms with Crippen LogP contribution in [-0.2, 0) is 16.6 Å². The normalized spacial score (nSPS) is 11.3. The lowest BCUT2D eigenvalue weighted by molar-refractivity contribution is 0.102. The molecule has 0 aliphatic heterocycles. The summed E-state index contributed by atoms with van der Waals surface area (Å²) in [5.41, 5.74) is 4.58. The third kappa shape index (κ3) is 5.45. The van der Waals surface area contributed by atoms with Crippen molar-refractivity contribution in [1.29, 1.82) is 0 Å². The molecule has 0 radical (unpaired) electrons. The van der Waals surface area contributed by atoms with Crippen molar-refractivity contribution in [2.45, 2.75) is 27.3 Å². The minimum absolute atomic E-state index is 0.000544. The highest BCUT2D eigenvalue weighted by Crippen LogP contribution is 2.17. The topological polar surface area (TPSA) is 93.1 Å². The molecule has 0 aliphatic carbocycles. The fraction of sp³-hybridized carbons (Fsp3) is 0.238. The molecule has 0 bridgehead atoms. The van der Waals surface area contributed by atoms with Crippen molar-refractivity contribution in [3.63, 3.8) is 0 Å². The lowest BCUT2D eigenvalue weighted by atomic mass is 10.1. The number of hydrogen-bond donors (Lipinski definition) is 2. The molecule has 0 aliphatic rings. The molecule has 0 atom stereocenters. The number of hydrogen-bond acceptors (Lipinski definition) is 4. The van der Waals surface area contributed by atoms with Crippen molar-refractivity contribution < 1.29 is 13.2 Å². The molecule has 3 aromatic rings. The Morgan fingerprint density at radius 2 is 1.72 bits per heavy atom. The quantitative estimate of drug-likeness (QED) is 0.620. The number of rotatable bonds is 7. The lowest BCUT2D eigenvalue weighted by Crippen LogP contribution is -2.15. The van der Waals surface area contributed by atoms with E-state index in [2.05, 4.69) is 15.1 Å². The summed E-state index contributed by atoms with van der Waals surface area (Å²) >= 11 is 0. The number of benzene rings is 2. The van der Waals surface area contributed by atoms with Crippen LogP contribution in [0.4, 0.5) is 11.4 Å². The van der Waals surface area contributed by atoms with E-state index in [1.54, 1.807) is 37.3 Å². The summed E-state index contributed by atoms with van der Waals surface area (Å²) in [6, 6.07) is 16.0. The van der Waals surface area contributed by atoms with Gasteiger partial charge >= 0.3 is 0 Å². The monoisotopic (exact) mass is 412 g/mol. The Kier molecular flexibility index (Phi) is 6.03. The number of carbonyl (C=O) groups excluding carboxylic acids is 1. The van der Waals surface area contributed by atoms with Gasteiger partial charge in [0.2, 0.25) is 10.0 Å². The Morgan fingerprint density at radius 1 is 1.03 bits per heavy atom. The molecule has 2 N–H and O–H groups in total. The Balaban J connectivity index is 1.68. The fourth-order valence-corrected chi connectivity index (χ4v) is 3.53. The van der Waals surface area contributed by atoms with Crippen LogP contribution in [0.15, 0.2) is 54.6 Å². The van der Waals surface area contributed by atoms with Crippen molar-refractivity contribution in [2.24, 2.45) is 0 Å². The van der Waals surface area contributed by atoms with Crippen LogP contribution in [0.3, 0.4) is 0 Å². The van der Waals surface area contributed by atoms with Gasteiger partial charge < -0.3 is 5.32 Å². The molecule has 0 saturated heterocycles. The maximum absolute atomic E-state index is 12.6. The molecule has 7 nitrogen and oxygen atoms in total. The standard InChI is InChI=1S/C21H24N4O3S/c1-4-29(27,28)24-20-10-8-19(9-11-20)22-21(26)18-7-5-6-17(13-18)14-25-16(3)12-15(2)23-25/h5-13,24H,4,14H2,1-3H3,(H,22,26). The van der Waals surface area contributed by atoms with Crippen molar-refractivity contribution in [2.75, 3.05) is 15.8 Å². The zero-order valence-corrected chi connectivity index (χ0v) is 17.5. The predicted octanol–water partition coefficient (Wildman–Crippen LogP) is 3.56. The van der Waals surface area contributed by atoms with Crippen molar-refractivity contribution in [3.8, 4) is 0 Å². The molecule has 1 aromatic heterocycles. The summed E-state index contributed by atoms with van der Waals surface area (Å²) in [6.07, 6.45) is 0. The summed E-state index contributed by atoms with van der Waals surface area (Å²) in [7, 11) is -3.33. The van der Waals surface area contributed by atoms with E-state index in [-0.39, 0.29) is 11.7 Å². The van der Waals surface area contributed by atoms with E-state index in [0.29, 0.717) is 23.5 Å². The number of aromatic nitrogens is 2. The molecule has 0 unspecified atom stereocenters. The van der Waals surface area contributed by atoms with Crippen molar-refractivity contribution in [1.82, 2.24) is 9.78 Å². The lowest BCUT2D eigenvalue weighted by Gasteiger charge is -2.10. The van der Waals surface area contributed by atoms with Crippen LogP contribution in [0, 0.1) is 13.8 Å². The number of sulfonamides is 1. The summed E-state index contributed by atoms with van der Waals surface area (Å²) in [5, 5.41) is 7.29. The van der Waals surface area contributed by atoms with Crippen LogP contribution in [-0.4, -0.2) is 29.9 Å². The second kappa shape index (κ2) is 8.48. The Bertz CT molecular complexity index is 1120. The highest BCUT2D eigenvalue weighted by molar-refractivity contribution is 7.92. The van der Waals surface area contributed by atoms with Crippen molar-refractivity contribution >= 4 is 27.3 Å². The summed E-state index contributed by atoms with van der Waals surface area (Å²) in [5.74, 6) is -0.235. The predicted molar refractivity (Wildman–Crippen MR) is 115 cm³/mol. The zero-order valence-electron chi connectivity index (χ0n) is 16.6. The molecule has 0 fully saturated rings. The van der Waals surface area contributed by atoms with E-state index in [4.69, 9.17) is 0 Å². The molecule has 8 heteroatoms. The zero-order chi connectivity index (χ0) is 21.0. The number of carbonyl (C=O) groups is 1. The second-order valence-corrected chi connectivity index (χ2v) is 8.83. The SMILES string of the molecule is CCS(=O)(=O)Nc1ccc(NC(=O)c2cccc(Cn3nc(C)cc3C)c2)cc1. The molecule has 0 saturated carbocycles. The first-order chi connectivity index (χ1) is 13.8. The first kappa shape index (κ1) is 20.6. The number of aryl methyl sites for hydroxylation is 2. The molecule has 1 amide bonds. The van der Waals surface area contributed by atoms with E-state index in [1.165, 1.54) is 0 Å². The Hall–Kier alpha value is -3.13. The Morgan fingerprint density at radius 3 is 2.34 bits per heavy atom. The number of nitrogens with zero attached hydrogens (tertiary/aromatic N) is 2. The van der Waals surface area contributed by atoms with Gasteiger partial charge in [-0.1, -0.05) is 12.1 Å². The third-order valence-corrected chi connectivity index (χ3v) is 5.73. The first-order valence-corrected chi connectivity index (χ1v) is 10.9. The number of anilines is 2. The van der Waals surface area contributed by atoms with Crippen molar-refractivity contribution in [3.05, 3.63) is 77.1 Å². The minimum atomic E-state index is -3.33. The summed E-state index contributed by atoms with van der Waals surface area (Å²) < 4.78 is 27.6. The highest BCUT2D eigenvalue weighted by atomic mass is 32.2. The molecule has 3 rings (SSSR count). The molecule has 1 heterocycles. The van der Waals surface area contributed by atoms with Crippen LogP contribution >= 0.6 is 0 Å². The van der Waals surface area contributed by atoms with Gasteiger partial charge in [-0.25, -0.2) is 8.42 Å². The molecular weight excluding hydrogens is 388 g/mol. The molecule has 2 aromatic carbocycles. The van der Waals surface area contributed by atoms with Gasteiger partial charge in [-0.2, -0.15) is 5.10 Å². The largest absolute Gasteiger partial charge is 0.322 e. The Labute approximate surface area is 170 Å². The summed E-state index contributed by atoms with van der Waals surface area (Å²) in [4.78, 5) is 12.6. The van der Waals surface area contributed by atoms with Crippen LogP contribution in [0.1, 0.15) is 34.2 Å². The van der Waals surface area contributed by atoms with Gasteiger partial charge in [0.25, 0.3) is 5.91 Å². The highest BCUT2D eigenvalue weighted by Gasteiger charge is 2.10. The minimum Gasteiger partial charge on any atom is -0.322 e. The van der Waals surface area contributed by atoms with Gasteiger partial charge in [0, 0.05) is 22.6 Å². The van der Waals surface area contributed by atoms with Gasteiger partial charge in [-0.15, -0.1) is 0 Å². The van der Waals surface area contributed by atoms with Crippen LogP contribution < -0.4 is 10.0 Å². The number of nitrogens with one attached hydrogen (secondary N) is 2. The maximum atomic E-state index is 12.6. The fourth-order valence-electron chi connectivity index (χ4n) is 2.90. The van der Waals surface area contributed by atoms with Gasteiger partial charge in [-0.3, -0.25) is 14.2 Å². The van der Waals surface area contributed by atoms with E-state index in [0.717, 1.165) is 17.0 Å². The van der Waals surface area contributed by atoms with Crippen LogP contribution in [0.5, 0.6) is 0 Å².